The molecule has 0 aliphatic heterocycles. The van der Waals surface area contributed by atoms with Crippen LogP contribution < -0.4 is 4.74 Å². The molecule has 0 aliphatic rings. The number of hydrogen-bond acceptors (Lipinski definition) is 1. The Morgan fingerprint density at radius 1 is 0.895 bits per heavy atom. The molecule has 0 atom stereocenters. The van der Waals surface area contributed by atoms with Crippen LogP contribution in [0.2, 0.25) is 15.1 Å². The van der Waals surface area contributed by atoms with Crippen LogP contribution >= 0.6 is 66.7 Å². The zero-order chi connectivity index (χ0) is 14.0. The van der Waals surface area contributed by atoms with Gasteiger partial charge in [-0.25, -0.2) is 0 Å². The maximum Gasteiger partial charge on any atom is 0.147 e. The number of rotatable bonds is 3. The lowest BCUT2D eigenvalue weighted by Gasteiger charge is -2.11. The average molecular weight is 445 g/mol. The van der Waals surface area contributed by atoms with E-state index in [2.05, 4.69) is 31.9 Å². The van der Waals surface area contributed by atoms with Crippen LogP contribution in [-0.4, -0.2) is 0 Å². The topological polar surface area (TPSA) is 9.23 Å². The van der Waals surface area contributed by atoms with Gasteiger partial charge in [0.25, 0.3) is 0 Å². The highest BCUT2D eigenvalue weighted by Gasteiger charge is 2.10. The van der Waals surface area contributed by atoms with Crippen molar-refractivity contribution in [2.24, 2.45) is 0 Å². The summed E-state index contributed by atoms with van der Waals surface area (Å²) < 4.78 is 6.58. The lowest BCUT2D eigenvalue weighted by molar-refractivity contribution is 0.480. The molecule has 0 spiro atoms. The van der Waals surface area contributed by atoms with Gasteiger partial charge in [0.1, 0.15) is 11.5 Å². The highest BCUT2D eigenvalue weighted by Crippen LogP contribution is 2.38. The van der Waals surface area contributed by atoms with Crippen molar-refractivity contribution in [2.75, 3.05) is 0 Å². The Kier molecular flexibility index (Phi) is 5.44. The van der Waals surface area contributed by atoms with Gasteiger partial charge in [-0.15, -0.1) is 0 Å². The summed E-state index contributed by atoms with van der Waals surface area (Å²) in [6.07, 6.45) is 0. The minimum atomic E-state index is 0.396. The molecule has 0 heterocycles. The van der Waals surface area contributed by atoms with E-state index in [1.165, 1.54) is 0 Å². The lowest BCUT2D eigenvalue weighted by atomic mass is 10.2. The second-order valence-electron chi connectivity index (χ2n) is 3.70. The molecule has 2 rings (SSSR count). The highest BCUT2D eigenvalue weighted by molar-refractivity contribution is 9.10. The van der Waals surface area contributed by atoms with Gasteiger partial charge in [-0.1, -0.05) is 56.8 Å². The zero-order valence-corrected chi connectivity index (χ0v) is 14.8. The molecule has 19 heavy (non-hydrogen) atoms. The van der Waals surface area contributed by atoms with Crippen LogP contribution in [0.1, 0.15) is 5.56 Å². The summed E-state index contributed by atoms with van der Waals surface area (Å²) in [5, 5.41) is 1.98. The van der Waals surface area contributed by atoms with E-state index < -0.39 is 0 Å². The molecule has 0 bridgehead atoms. The molecular weight excluding hydrogens is 438 g/mol. The number of hydrogen-bond donors (Lipinski definition) is 0. The van der Waals surface area contributed by atoms with Gasteiger partial charge in [-0.05, 0) is 39.7 Å². The Morgan fingerprint density at radius 3 is 2.21 bits per heavy atom. The second-order valence-corrected chi connectivity index (χ2v) is 6.33. The average Bonchev–Trinajstić information content (AvgIpc) is 2.38. The fourth-order valence-electron chi connectivity index (χ4n) is 1.41. The van der Waals surface area contributed by atoms with E-state index in [1.807, 2.05) is 18.2 Å². The molecule has 0 unspecified atom stereocenters. The third-order valence-corrected chi connectivity index (χ3v) is 4.63. The van der Waals surface area contributed by atoms with Crippen LogP contribution in [0.4, 0.5) is 0 Å². The van der Waals surface area contributed by atoms with Gasteiger partial charge in [0.05, 0.1) is 19.5 Å². The largest absolute Gasteiger partial charge is 0.455 e. The first-order chi connectivity index (χ1) is 9.01. The normalized spacial score (nSPS) is 10.6. The third kappa shape index (κ3) is 3.79. The zero-order valence-electron chi connectivity index (χ0n) is 9.39. The van der Waals surface area contributed by atoms with Gasteiger partial charge in [-0.3, -0.25) is 0 Å². The van der Waals surface area contributed by atoms with Gasteiger partial charge in [0, 0.05) is 11.4 Å². The molecule has 0 saturated heterocycles. The van der Waals surface area contributed by atoms with Gasteiger partial charge in [-0.2, -0.15) is 0 Å². The predicted molar refractivity (Wildman–Crippen MR) is 88.3 cm³/mol. The van der Waals surface area contributed by atoms with Crippen molar-refractivity contribution in [3.05, 3.63) is 55.4 Å². The second kappa shape index (κ2) is 6.68. The molecule has 0 fully saturated rings. The monoisotopic (exact) mass is 442 g/mol. The molecule has 0 N–H and O–H groups in total. The van der Waals surface area contributed by atoms with Crippen molar-refractivity contribution < 1.29 is 4.74 Å². The Hall–Kier alpha value is 0.0700. The molecule has 0 aliphatic carbocycles. The number of benzene rings is 2. The maximum atomic E-state index is 6.07. The number of ether oxygens (including phenoxy) is 1. The summed E-state index contributed by atoms with van der Waals surface area (Å²) in [5.41, 5.74) is 1.14. The van der Waals surface area contributed by atoms with Crippen molar-refractivity contribution >= 4 is 66.7 Å². The van der Waals surface area contributed by atoms with Crippen molar-refractivity contribution in [1.29, 1.82) is 0 Å². The Bertz CT molecular complexity index is 617. The maximum absolute atomic E-state index is 6.07. The fourth-order valence-corrected chi connectivity index (χ4v) is 2.84. The standard InChI is InChI=1S/C13H7Br2Cl3O/c14-6-7-1-2-12(8(15)3-7)19-13-5-10(17)9(16)4-11(13)18/h1-5H,6H2. The Morgan fingerprint density at radius 2 is 1.58 bits per heavy atom. The minimum Gasteiger partial charge on any atom is -0.455 e. The quantitative estimate of drug-likeness (QED) is 0.362. The summed E-state index contributed by atoms with van der Waals surface area (Å²) in [7, 11) is 0. The molecule has 0 aromatic heterocycles. The van der Waals surface area contributed by atoms with E-state index in [4.69, 9.17) is 39.5 Å². The highest BCUT2D eigenvalue weighted by atomic mass is 79.9. The van der Waals surface area contributed by atoms with E-state index in [-0.39, 0.29) is 0 Å². The first kappa shape index (κ1) is 15.5. The summed E-state index contributed by atoms with van der Waals surface area (Å²) >= 11 is 24.7. The summed E-state index contributed by atoms with van der Waals surface area (Å²) in [5.74, 6) is 1.12. The van der Waals surface area contributed by atoms with E-state index in [1.54, 1.807) is 12.1 Å². The van der Waals surface area contributed by atoms with E-state index in [0.717, 1.165) is 15.4 Å². The first-order valence-electron chi connectivity index (χ1n) is 5.18. The summed E-state index contributed by atoms with van der Waals surface area (Å²) in [4.78, 5) is 0. The third-order valence-electron chi connectivity index (χ3n) is 2.35. The molecule has 1 nitrogen and oxygen atoms in total. The number of alkyl halides is 1. The number of halogens is 5. The van der Waals surface area contributed by atoms with E-state index >= 15 is 0 Å². The smallest absolute Gasteiger partial charge is 0.147 e. The van der Waals surface area contributed by atoms with Crippen LogP contribution in [0.5, 0.6) is 11.5 Å². The van der Waals surface area contributed by atoms with Crippen molar-refractivity contribution in [3.63, 3.8) is 0 Å². The van der Waals surface area contributed by atoms with Crippen molar-refractivity contribution in [2.45, 2.75) is 5.33 Å². The SMILES string of the molecule is Clc1cc(Cl)c(Oc2ccc(CBr)cc2Br)cc1Cl. The van der Waals surface area contributed by atoms with Crippen LogP contribution in [-0.2, 0) is 5.33 Å². The molecule has 0 amide bonds. The molecule has 0 radical (unpaired) electrons. The Balaban J connectivity index is 2.33. The van der Waals surface area contributed by atoms with Crippen LogP contribution in [0.15, 0.2) is 34.8 Å². The van der Waals surface area contributed by atoms with Gasteiger partial charge in [0.15, 0.2) is 0 Å². The molecule has 2 aromatic carbocycles. The molecule has 100 valence electrons. The predicted octanol–water partition coefficient (Wildman–Crippen LogP) is 7.10. The van der Waals surface area contributed by atoms with Crippen LogP contribution in [0, 0.1) is 0 Å². The van der Waals surface area contributed by atoms with Gasteiger partial charge in [0.2, 0.25) is 0 Å². The first-order valence-corrected chi connectivity index (χ1v) is 8.23. The van der Waals surface area contributed by atoms with Crippen LogP contribution in [0.3, 0.4) is 0 Å². The lowest BCUT2D eigenvalue weighted by Crippen LogP contribution is -1.88. The van der Waals surface area contributed by atoms with E-state index in [0.29, 0.717) is 26.6 Å². The Labute approximate surface area is 143 Å². The van der Waals surface area contributed by atoms with E-state index in [9.17, 15) is 0 Å². The summed E-state index contributed by atoms with van der Waals surface area (Å²) in [6, 6.07) is 8.94. The molecule has 6 heteroatoms. The summed E-state index contributed by atoms with van der Waals surface area (Å²) in [6.45, 7) is 0. The van der Waals surface area contributed by atoms with Crippen molar-refractivity contribution in [1.82, 2.24) is 0 Å². The minimum absolute atomic E-state index is 0.396. The van der Waals surface area contributed by atoms with Crippen LogP contribution in [0.25, 0.3) is 0 Å². The van der Waals surface area contributed by atoms with Gasteiger partial charge >= 0.3 is 0 Å². The molecule has 0 saturated carbocycles. The van der Waals surface area contributed by atoms with Gasteiger partial charge < -0.3 is 4.74 Å². The van der Waals surface area contributed by atoms with Crippen molar-refractivity contribution in [3.8, 4) is 11.5 Å². The molecular formula is C13H7Br2Cl3O. The fraction of sp³-hybridized carbons (Fsp3) is 0.0769. The molecule has 2 aromatic rings.